The summed E-state index contributed by atoms with van der Waals surface area (Å²) >= 11 is 3.32. The van der Waals surface area contributed by atoms with Gasteiger partial charge in [-0.05, 0) is 36.1 Å². The van der Waals surface area contributed by atoms with Crippen molar-refractivity contribution in [1.29, 1.82) is 0 Å². The highest BCUT2D eigenvalue weighted by Gasteiger charge is 2.27. The number of nitrogens with one attached hydrogen (secondary N) is 2. The summed E-state index contributed by atoms with van der Waals surface area (Å²) in [5.41, 5.74) is 6.70. The number of benzene rings is 1. The molecule has 106 valence electrons. The molecule has 0 aromatic heterocycles. The highest BCUT2D eigenvalue weighted by atomic mass is 79.9. The molecule has 0 spiro atoms. The first-order valence-electron chi connectivity index (χ1n) is 6.41. The van der Waals surface area contributed by atoms with Gasteiger partial charge in [-0.1, -0.05) is 29.8 Å². The third-order valence-corrected chi connectivity index (χ3v) is 3.63. The molecule has 0 bridgehead atoms. The van der Waals surface area contributed by atoms with Crippen LogP contribution in [-0.2, 0) is 4.79 Å². The Kier molecular flexibility index (Phi) is 4.28. The van der Waals surface area contributed by atoms with Gasteiger partial charge in [0, 0.05) is 28.2 Å². The minimum absolute atomic E-state index is 0.0729. The number of carbonyl (C=O) groups is 2. The first-order valence-corrected chi connectivity index (χ1v) is 7.20. The van der Waals surface area contributed by atoms with Crippen molar-refractivity contribution in [3.8, 4) is 0 Å². The summed E-state index contributed by atoms with van der Waals surface area (Å²) in [4.78, 5) is 23.5. The Hall–Kier alpha value is -1.62. The normalized spacial score (nSPS) is 17.4. The Morgan fingerprint density at radius 1 is 1.20 bits per heavy atom. The number of hydrogen-bond acceptors (Lipinski definition) is 3. The molecule has 20 heavy (non-hydrogen) atoms. The monoisotopic (exact) mass is 336 g/mol. The second-order valence-electron chi connectivity index (χ2n) is 5.74. The van der Waals surface area contributed by atoms with Crippen LogP contribution in [0.15, 0.2) is 40.5 Å². The molecule has 0 radical (unpaired) electrons. The third kappa shape index (κ3) is 3.93. The van der Waals surface area contributed by atoms with Gasteiger partial charge in [0.1, 0.15) is 0 Å². The van der Waals surface area contributed by atoms with Gasteiger partial charge in [-0.3, -0.25) is 15.0 Å². The molecule has 0 atom stereocenters. The smallest absolute Gasteiger partial charge is 0.269 e. The van der Waals surface area contributed by atoms with E-state index < -0.39 is 0 Å². The Morgan fingerprint density at radius 2 is 1.85 bits per heavy atom. The average molecular weight is 337 g/mol. The lowest BCUT2D eigenvalue weighted by Crippen LogP contribution is -2.39. The largest absolute Gasteiger partial charge is 0.302 e. The SMILES string of the molecule is CC1(C)CC(=O)C=C(NNC(=O)c2ccc(Br)cc2)C1. The lowest BCUT2D eigenvalue weighted by Gasteiger charge is -2.29. The highest BCUT2D eigenvalue weighted by molar-refractivity contribution is 9.10. The summed E-state index contributed by atoms with van der Waals surface area (Å²) in [7, 11) is 0. The Morgan fingerprint density at radius 3 is 2.45 bits per heavy atom. The minimum Gasteiger partial charge on any atom is -0.302 e. The Labute approximate surface area is 126 Å². The number of rotatable bonds is 3. The van der Waals surface area contributed by atoms with E-state index >= 15 is 0 Å². The molecule has 2 N–H and O–H groups in total. The number of hydrazine groups is 1. The zero-order chi connectivity index (χ0) is 14.8. The van der Waals surface area contributed by atoms with E-state index in [4.69, 9.17) is 0 Å². The van der Waals surface area contributed by atoms with Crippen molar-refractivity contribution >= 4 is 27.6 Å². The van der Waals surface area contributed by atoms with Crippen LogP contribution in [0.3, 0.4) is 0 Å². The first kappa shape index (κ1) is 14.8. The maximum absolute atomic E-state index is 11.9. The molecule has 0 saturated heterocycles. The number of amides is 1. The van der Waals surface area contributed by atoms with Gasteiger partial charge in [0.25, 0.3) is 5.91 Å². The summed E-state index contributed by atoms with van der Waals surface area (Å²) in [5, 5.41) is 0. The van der Waals surface area contributed by atoms with Crippen LogP contribution in [0.5, 0.6) is 0 Å². The van der Waals surface area contributed by atoms with E-state index in [1.54, 1.807) is 30.3 Å². The van der Waals surface area contributed by atoms with Gasteiger partial charge in [0.05, 0.1) is 0 Å². The molecule has 1 aromatic rings. The Bertz CT molecular complexity index is 562. The van der Waals surface area contributed by atoms with Crippen molar-refractivity contribution < 1.29 is 9.59 Å². The van der Waals surface area contributed by atoms with E-state index in [2.05, 4.69) is 26.8 Å². The van der Waals surface area contributed by atoms with Gasteiger partial charge in [-0.15, -0.1) is 0 Å². The van der Waals surface area contributed by atoms with E-state index in [-0.39, 0.29) is 17.1 Å². The molecule has 1 aliphatic rings. The van der Waals surface area contributed by atoms with E-state index in [1.165, 1.54) is 0 Å². The lowest BCUT2D eigenvalue weighted by molar-refractivity contribution is -0.117. The maximum atomic E-state index is 11.9. The second kappa shape index (κ2) is 5.79. The molecule has 0 heterocycles. The van der Waals surface area contributed by atoms with Crippen LogP contribution in [0, 0.1) is 5.41 Å². The molecule has 0 fully saturated rings. The third-order valence-electron chi connectivity index (χ3n) is 3.10. The predicted molar refractivity (Wildman–Crippen MR) is 80.8 cm³/mol. The number of carbonyl (C=O) groups excluding carboxylic acids is 2. The summed E-state index contributed by atoms with van der Waals surface area (Å²) in [6.07, 6.45) is 2.84. The average Bonchev–Trinajstić information content (AvgIpc) is 2.34. The van der Waals surface area contributed by atoms with Gasteiger partial charge in [0.2, 0.25) is 0 Å². The molecule has 0 unspecified atom stereocenters. The Balaban J connectivity index is 1.97. The van der Waals surface area contributed by atoms with Crippen molar-refractivity contribution in [3.63, 3.8) is 0 Å². The van der Waals surface area contributed by atoms with Crippen LogP contribution in [0.4, 0.5) is 0 Å². The molecule has 1 aliphatic carbocycles. The summed E-state index contributed by atoms with van der Waals surface area (Å²) in [5.74, 6) is -0.143. The summed E-state index contributed by atoms with van der Waals surface area (Å²) in [6, 6.07) is 7.07. The summed E-state index contributed by atoms with van der Waals surface area (Å²) < 4.78 is 0.921. The lowest BCUT2D eigenvalue weighted by atomic mass is 9.79. The van der Waals surface area contributed by atoms with Crippen LogP contribution in [-0.4, -0.2) is 11.7 Å². The molecule has 1 aromatic carbocycles. The van der Waals surface area contributed by atoms with Crippen LogP contribution < -0.4 is 10.9 Å². The summed E-state index contributed by atoms with van der Waals surface area (Å²) in [6.45, 7) is 4.08. The fourth-order valence-corrected chi connectivity index (χ4v) is 2.50. The topological polar surface area (TPSA) is 58.2 Å². The van der Waals surface area contributed by atoms with Gasteiger partial charge < -0.3 is 5.43 Å². The zero-order valence-electron chi connectivity index (χ0n) is 11.5. The fourth-order valence-electron chi connectivity index (χ4n) is 2.24. The zero-order valence-corrected chi connectivity index (χ0v) is 13.1. The van der Waals surface area contributed by atoms with Crippen LogP contribution in [0.25, 0.3) is 0 Å². The van der Waals surface area contributed by atoms with Gasteiger partial charge in [-0.25, -0.2) is 0 Å². The molecule has 1 amide bonds. The standard InChI is InChI=1S/C15H17BrN2O2/c1-15(2)8-12(7-13(19)9-15)17-18-14(20)10-3-5-11(16)6-4-10/h3-7,17H,8-9H2,1-2H3,(H,18,20). The van der Waals surface area contributed by atoms with Crippen molar-refractivity contribution in [3.05, 3.63) is 46.1 Å². The van der Waals surface area contributed by atoms with Crippen LogP contribution >= 0.6 is 15.9 Å². The second-order valence-corrected chi connectivity index (χ2v) is 6.66. The molecule has 0 saturated carbocycles. The van der Waals surface area contributed by atoms with E-state index in [9.17, 15) is 9.59 Å². The van der Waals surface area contributed by atoms with Gasteiger partial charge in [-0.2, -0.15) is 0 Å². The van der Waals surface area contributed by atoms with Gasteiger partial charge in [0.15, 0.2) is 5.78 Å². The van der Waals surface area contributed by atoms with Crippen molar-refractivity contribution in [2.75, 3.05) is 0 Å². The van der Waals surface area contributed by atoms with E-state index in [1.807, 2.05) is 13.8 Å². The molecule has 2 rings (SSSR count). The molecular weight excluding hydrogens is 320 g/mol. The highest BCUT2D eigenvalue weighted by Crippen LogP contribution is 2.32. The first-order chi connectivity index (χ1) is 9.35. The maximum Gasteiger partial charge on any atom is 0.269 e. The minimum atomic E-state index is -0.228. The molecular formula is C15H17BrN2O2. The quantitative estimate of drug-likeness (QED) is 0.834. The molecule has 0 aliphatic heterocycles. The van der Waals surface area contributed by atoms with Crippen LogP contribution in [0.1, 0.15) is 37.0 Å². The number of allylic oxidation sites excluding steroid dienone is 2. The molecule has 5 heteroatoms. The van der Waals surface area contributed by atoms with Gasteiger partial charge >= 0.3 is 0 Å². The number of hydrogen-bond donors (Lipinski definition) is 2. The predicted octanol–water partition coefficient (Wildman–Crippen LogP) is 2.96. The van der Waals surface area contributed by atoms with Crippen LogP contribution in [0.2, 0.25) is 0 Å². The fraction of sp³-hybridized carbons (Fsp3) is 0.333. The molecule has 4 nitrogen and oxygen atoms in total. The van der Waals surface area contributed by atoms with Crippen molar-refractivity contribution in [2.45, 2.75) is 26.7 Å². The van der Waals surface area contributed by atoms with E-state index in [0.29, 0.717) is 12.0 Å². The number of halogens is 1. The van der Waals surface area contributed by atoms with Crippen molar-refractivity contribution in [1.82, 2.24) is 10.9 Å². The van der Waals surface area contributed by atoms with Crippen molar-refractivity contribution in [2.24, 2.45) is 5.41 Å². The number of ketones is 1. The van der Waals surface area contributed by atoms with E-state index in [0.717, 1.165) is 16.6 Å².